The highest BCUT2D eigenvalue weighted by molar-refractivity contribution is 14.0. The molecule has 0 aliphatic rings. The van der Waals surface area contributed by atoms with Crippen molar-refractivity contribution in [3.8, 4) is 0 Å². The van der Waals surface area contributed by atoms with E-state index in [4.69, 9.17) is 4.74 Å². The Labute approximate surface area is 145 Å². The first-order chi connectivity index (χ1) is 9.61. The first kappa shape index (κ1) is 22.7. The summed E-state index contributed by atoms with van der Waals surface area (Å²) in [6.07, 6.45) is 2.09. The van der Waals surface area contributed by atoms with Gasteiger partial charge >= 0.3 is 0 Å². The van der Waals surface area contributed by atoms with Gasteiger partial charge in [-0.3, -0.25) is 9.79 Å². The predicted octanol–water partition coefficient (Wildman–Crippen LogP) is 1.36. The number of carbonyl (C=O) groups excluding carboxylic acids is 1. The lowest BCUT2D eigenvalue weighted by atomic mass is 10.2. The van der Waals surface area contributed by atoms with Crippen LogP contribution in [0.3, 0.4) is 0 Å². The van der Waals surface area contributed by atoms with Crippen molar-refractivity contribution >= 4 is 35.8 Å². The van der Waals surface area contributed by atoms with Crippen molar-refractivity contribution in [3.05, 3.63) is 0 Å². The Morgan fingerprint density at radius 3 is 2.29 bits per heavy atom. The van der Waals surface area contributed by atoms with Crippen LogP contribution in [0, 0.1) is 5.92 Å². The number of aliphatic imine (C=N–C) groups is 1. The minimum absolute atomic E-state index is 0. The van der Waals surface area contributed by atoms with Crippen LogP contribution < -0.4 is 16.0 Å². The summed E-state index contributed by atoms with van der Waals surface area (Å²) in [6, 6.07) is 0. The topological polar surface area (TPSA) is 74.8 Å². The third-order valence-electron chi connectivity index (χ3n) is 2.68. The van der Waals surface area contributed by atoms with Crippen molar-refractivity contribution in [2.75, 3.05) is 39.9 Å². The molecule has 0 aromatic carbocycles. The molecule has 7 heteroatoms. The van der Waals surface area contributed by atoms with Crippen LogP contribution in [0.4, 0.5) is 0 Å². The smallest absolute Gasteiger partial charge is 0.222 e. The van der Waals surface area contributed by atoms with Crippen LogP contribution in [-0.4, -0.2) is 51.8 Å². The van der Waals surface area contributed by atoms with Gasteiger partial charge in [0.05, 0.1) is 0 Å². The zero-order chi connectivity index (χ0) is 15.2. The standard InChI is InChI=1S/C14H30N4O2.HI/c1-5-20-11-7-6-8-17-14(15-4)18-10-9-16-13(19)12(2)3;/h12H,5-11H2,1-4H3,(H,16,19)(H2,15,17,18);1H. The highest BCUT2D eigenvalue weighted by Gasteiger charge is 2.04. The molecule has 0 radical (unpaired) electrons. The summed E-state index contributed by atoms with van der Waals surface area (Å²) >= 11 is 0. The zero-order valence-electron chi connectivity index (χ0n) is 13.7. The summed E-state index contributed by atoms with van der Waals surface area (Å²) in [7, 11) is 1.74. The Morgan fingerprint density at radius 2 is 1.71 bits per heavy atom. The Morgan fingerprint density at radius 1 is 1.10 bits per heavy atom. The molecule has 0 saturated heterocycles. The summed E-state index contributed by atoms with van der Waals surface area (Å²) in [5.41, 5.74) is 0. The average molecular weight is 414 g/mol. The number of carbonyl (C=O) groups is 1. The van der Waals surface area contributed by atoms with E-state index in [1.54, 1.807) is 7.05 Å². The number of halogens is 1. The molecule has 0 atom stereocenters. The maximum absolute atomic E-state index is 11.4. The Balaban J connectivity index is 0. The summed E-state index contributed by atoms with van der Waals surface area (Å²) in [4.78, 5) is 15.5. The van der Waals surface area contributed by atoms with Gasteiger partial charge < -0.3 is 20.7 Å². The van der Waals surface area contributed by atoms with Crippen LogP contribution in [0.1, 0.15) is 33.6 Å². The third kappa shape index (κ3) is 14.1. The normalized spacial score (nSPS) is 11.0. The molecule has 0 bridgehead atoms. The van der Waals surface area contributed by atoms with Crippen LogP contribution in [0.2, 0.25) is 0 Å². The zero-order valence-corrected chi connectivity index (χ0v) is 16.0. The fourth-order valence-electron chi connectivity index (χ4n) is 1.47. The van der Waals surface area contributed by atoms with Gasteiger partial charge in [0.15, 0.2) is 5.96 Å². The molecular formula is C14H31IN4O2. The molecule has 3 N–H and O–H groups in total. The van der Waals surface area contributed by atoms with Gasteiger partial charge in [0.2, 0.25) is 5.91 Å². The second-order valence-electron chi connectivity index (χ2n) is 4.78. The average Bonchev–Trinajstić information content (AvgIpc) is 2.44. The molecule has 0 heterocycles. The number of guanidine groups is 1. The summed E-state index contributed by atoms with van der Waals surface area (Å²) in [5.74, 6) is 0.864. The lowest BCUT2D eigenvalue weighted by Crippen LogP contribution is -2.42. The van der Waals surface area contributed by atoms with Gasteiger partial charge in [-0.05, 0) is 19.8 Å². The van der Waals surface area contributed by atoms with Crippen LogP contribution in [0.25, 0.3) is 0 Å². The van der Waals surface area contributed by atoms with Crippen LogP contribution >= 0.6 is 24.0 Å². The van der Waals surface area contributed by atoms with Gasteiger partial charge in [0, 0.05) is 45.8 Å². The molecular weight excluding hydrogens is 383 g/mol. The number of hydrogen-bond donors (Lipinski definition) is 3. The maximum Gasteiger partial charge on any atom is 0.222 e. The van der Waals surface area contributed by atoms with E-state index in [0.717, 1.165) is 38.6 Å². The Bertz CT molecular complexity index is 286. The van der Waals surface area contributed by atoms with E-state index in [1.165, 1.54) is 0 Å². The Kier molecular flexibility index (Phi) is 17.1. The molecule has 0 saturated carbocycles. The molecule has 0 spiro atoms. The number of rotatable bonds is 10. The van der Waals surface area contributed by atoms with Gasteiger partial charge in [-0.25, -0.2) is 0 Å². The summed E-state index contributed by atoms with van der Waals surface area (Å²) in [5, 5.41) is 9.24. The van der Waals surface area contributed by atoms with Gasteiger partial charge in [0.1, 0.15) is 0 Å². The van der Waals surface area contributed by atoms with Gasteiger partial charge in [-0.1, -0.05) is 13.8 Å². The molecule has 0 unspecified atom stereocenters. The van der Waals surface area contributed by atoms with E-state index in [9.17, 15) is 4.79 Å². The van der Waals surface area contributed by atoms with Gasteiger partial charge in [-0.2, -0.15) is 0 Å². The number of nitrogens with zero attached hydrogens (tertiary/aromatic N) is 1. The number of ether oxygens (including phenoxy) is 1. The van der Waals surface area contributed by atoms with E-state index in [0.29, 0.717) is 13.1 Å². The van der Waals surface area contributed by atoms with Crippen molar-refractivity contribution < 1.29 is 9.53 Å². The summed E-state index contributed by atoms with van der Waals surface area (Å²) < 4.78 is 5.27. The van der Waals surface area contributed by atoms with Crippen molar-refractivity contribution in [2.45, 2.75) is 33.6 Å². The highest BCUT2D eigenvalue weighted by Crippen LogP contribution is 1.89. The number of hydrogen-bond acceptors (Lipinski definition) is 3. The number of unbranched alkanes of at least 4 members (excludes halogenated alkanes) is 1. The quantitative estimate of drug-likeness (QED) is 0.219. The van der Waals surface area contributed by atoms with Crippen LogP contribution in [-0.2, 0) is 9.53 Å². The molecule has 0 aromatic rings. The molecule has 0 aromatic heterocycles. The molecule has 21 heavy (non-hydrogen) atoms. The molecule has 6 nitrogen and oxygen atoms in total. The fraction of sp³-hybridized carbons (Fsp3) is 0.857. The van der Waals surface area contributed by atoms with Crippen LogP contribution in [0.5, 0.6) is 0 Å². The van der Waals surface area contributed by atoms with Gasteiger partial charge in [0.25, 0.3) is 0 Å². The second kappa shape index (κ2) is 15.8. The predicted molar refractivity (Wildman–Crippen MR) is 98.4 cm³/mol. The van der Waals surface area contributed by atoms with Crippen LogP contribution in [0.15, 0.2) is 4.99 Å². The second-order valence-corrected chi connectivity index (χ2v) is 4.78. The minimum Gasteiger partial charge on any atom is -0.382 e. The highest BCUT2D eigenvalue weighted by atomic mass is 127. The van der Waals surface area contributed by atoms with E-state index in [2.05, 4.69) is 20.9 Å². The van der Waals surface area contributed by atoms with Crippen molar-refractivity contribution in [3.63, 3.8) is 0 Å². The number of nitrogens with one attached hydrogen (secondary N) is 3. The lowest BCUT2D eigenvalue weighted by molar-refractivity contribution is -0.123. The molecule has 0 rings (SSSR count). The van der Waals surface area contributed by atoms with E-state index >= 15 is 0 Å². The largest absolute Gasteiger partial charge is 0.382 e. The maximum atomic E-state index is 11.4. The summed E-state index contributed by atoms with van der Waals surface area (Å²) in [6.45, 7) is 9.48. The van der Waals surface area contributed by atoms with Crippen molar-refractivity contribution in [1.82, 2.24) is 16.0 Å². The minimum atomic E-state index is 0. The SMILES string of the molecule is CCOCCCCNC(=NC)NCCNC(=O)C(C)C.I. The van der Waals surface area contributed by atoms with E-state index < -0.39 is 0 Å². The molecule has 0 aliphatic carbocycles. The Hall–Kier alpha value is -0.570. The van der Waals surface area contributed by atoms with Gasteiger partial charge in [-0.15, -0.1) is 24.0 Å². The molecule has 0 aliphatic heterocycles. The lowest BCUT2D eigenvalue weighted by Gasteiger charge is -2.13. The molecule has 126 valence electrons. The molecule has 0 fully saturated rings. The monoisotopic (exact) mass is 414 g/mol. The number of amides is 1. The van der Waals surface area contributed by atoms with E-state index in [-0.39, 0.29) is 35.8 Å². The fourth-order valence-corrected chi connectivity index (χ4v) is 1.47. The third-order valence-corrected chi connectivity index (χ3v) is 2.68. The van der Waals surface area contributed by atoms with E-state index in [1.807, 2.05) is 20.8 Å². The first-order valence-corrected chi connectivity index (χ1v) is 7.41. The van der Waals surface area contributed by atoms with Crippen molar-refractivity contribution in [2.24, 2.45) is 10.9 Å². The first-order valence-electron chi connectivity index (χ1n) is 7.41. The van der Waals surface area contributed by atoms with Crippen molar-refractivity contribution in [1.29, 1.82) is 0 Å². The molecule has 1 amide bonds.